The number of hydrogen-bond donors (Lipinski definition) is 1. The van der Waals surface area contributed by atoms with Crippen molar-refractivity contribution in [2.75, 3.05) is 6.54 Å². The largest absolute Gasteiger partial charge is 0.329 e. The zero-order valence-corrected chi connectivity index (χ0v) is 11.9. The van der Waals surface area contributed by atoms with Gasteiger partial charge in [-0.05, 0) is 42.3 Å². The zero-order valence-electron chi connectivity index (χ0n) is 11.1. The van der Waals surface area contributed by atoms with Gasteiger partial charge in [0, 0.05) is 6.54 Å². The molecule has 0 spiro atoms. The highest BCUT2D eigenvalue weighted by Gasteiger charge is 2.28. The molecule has 0 amide bonds. The van der Waals surface area contributed by atoms with Gasteiger partial charge in [-0.15, -0.1) is 0 Å². The van der Waals surface area contributed by atoms with E-state index >= 15 is 0 Å². The fourth-order valence-corrected chi connectivity index (χ4v) is 3.85. The van der Waals surface area contributed by atoms with E-state index in [0.717, 1.165) is 17.7 Å². The summed E-state index contributed by atoms with van der Waals surface area (Å²) in [5, 5.41) is -0.825. The van der Waals surface area contributed by atoms with E-state index in [0.29, 0.717) is 5.56 Å². The van der Waals surface area contributed by atoms with Gasteiger partial charge in [-0.1, -0.05) is 24.3 Å². The number of nitrogens with two attached hydrogens (primary N) is 1. The highest BCUT2D eigenvalue weighted by Crippen LogP contribution is 2.30. The Morgan fingerprint density at radius 2 is 1.70 bits per heavy atom. The van der Waals surface area contributed by atoms with Crippen LogP contribution in [-0.4, -0.2) is 15.0 Å². The van der Waals surface area contributed by atoms with Gasteiger partial charge in [0.1, 0.15) is 11.1 Å². The van der Waals surface area contributed by atoms with E-state index in [1.807, 2.05) is 19.1 Å². The molecule has 0 saturated heterocycles. The molecule has 0 heterocycles. The topological polar surface area (TPSA) is 60.2 Å². The van der Waals surface area contributed by atoms with Gasteiger partial charge in [-0.3, -0.25) is 0 Å². The van der Waals surface area contributed by atoms with Gasteiger partial charge < -0.3 is 5.73 Å². The summed E-state index contributed by atoms with van der Waals surface area (Å²) in [6.07, 6.45) is 0. The SMILES string of the molecule is Cc1ccccc1[C@@H](CN)S(=O)(=O)c1ccc(F)cc1. The van der Waals surface area contributed by atoms with Gasteiger partial charge in [-0.25, -0.2) is 12.8 Å². The maximum Gasteiger partial charge on any atom is 0.186 e. The first-order valence-electron chi connectivity index (χ1n) is 6.22. The number of hydrogen-bond acceptors (Lipinski definition) is 3. The summed E-state index contributed by atoms with van der Waals surface area (Å²) < 4.78 is 38.2. The molecule has 0 aliphatic rings. The second-order valence-corrected chi connectivity index (χ2v) is 6.71. The molecule has 3 nitrogen and oxygen atoms in total. The Morgan fingerprint density at radius 3 is 2.25 bits per heavy atom. The number of benzene rings is 2. The summed E-state index contributed by atoms with van der Waals surface area (Å²) in [5.41, 5.74) is 7.22. The van der Waals surface area contributed by atoms with Crippen molar-refractivity contribution in [1.82, 2.24) is 0 Å². The number of aryl methyl sites for hydroxylation is 1. The molecular weight excluding hydrogens is 277 g/mol. The zero-order chi connectivity index (χ0) is 14.8. The van der Waals surface area contributed by atoms with Crippen LogP contribution in [0.2, 0.25) is 0 Å². The third-order valence-electron chi connectivity index (χ3n) is 3.27. The molecule has 0 radical (unpaired) electrons. The van der Waals surface area contributed by atoms with Gasteiger partial charge in [0.15, 0.2) is 9.84 Å². The number of halogens is 1. The molecule has 0 fully saturated rings. The summed E-state index contributed by atoms with van der Waals surface area (Å²) in [4.78, 5) is 0.0811. The molecule has 0 saturated carbocycles. The standard InChI is InChI=1S/C15H16FNO2S/c1-11-4-2-3-5-14(11)15(10-17)20(18,19)13-8-6-12(16)7-9-13/h2-9,15H,10,17H2,1H3/t15-/m1/s1. The minimum absolute atomic E-state index is 0.0233. The highest BCUT2D eigenvalue weighted by atomic mass is 32.2. The van der Waals surface area contributed by atoms with Crippen LogP contribution in [0, 0.1) is 12.7 Å². The second-order valence-electron chi connectivity index (χ2n) is 4.58. The van der Waals surface area contributed by atoms with E-state index in [4.69, 9.17) is 5.73 Å². The Bertz CT molecular complexity index is 696. The lowest BCUT2D eigenvalue weighted by Crippen LogP contribution is -2.23. The van der Waals surface area contributed by atoms with Crippen molar-refractivity contribution in [2.45, 2.75) is 17.1 Å². The first-order valence-corrected chi connectivity index (χ1v) is 7.76. The van der Waals surface area contributed by atoms with Crippen LogP contribution in [0.1, 0.15) is 16.4 Å². The molecule has 0 unspecified atom stereocenters. The summed E-state index contributed by atoms with van der Waals surface area (Å²) in [6, 6.07) is 12.0. The first kappa shape index (κ1) is 14.7. The van der Waals surface area contributed by atoms with Gasteiger partial charge in [0.05, 0.1) is 4.90 Å². The average Bonchev–Trinajstić information content (AvgIpc) is 2.42. The molecule has 5 heteroatoms. The quantitative estimate of drug-likeness (QED) is 0.881. The molecular formula is C15H16FNO2S. The predicted molar refractivity (Wildman–Crippen MR) is 76.6 cm³/mol. The van der Waals surface area contributed by atoms with Crippen LogP contribution in [0.3, 0.4) is 0 Å². The lowest BCUT2D eigenvalue weighted by Gasteiger charge is -2.18. The minimum atomic E-state index is -3.64. The van der Waals surface area contributed by atoms with E-state index in [9.17, 15) is 12.8 Å². The summed E-state index contributed by atoms with van der Waals surface area (Å²) in [6.45, 7) is 1.82. The molecule has 20 heavy (non-hydrogen) atoms. The monoisotopic (exact) mass is 293 g/mol. The molecule has 0 aromatic heterocycles. The van der Waals surface area contributed by atoms with E-state index in [2.05, 4.69) is 0 Å². The third-order valence-corrected chi connectivity index (χ3v) is 5.39. The molecule has 2 rings (SSSR count). The van der Waals surface area contributed by atoms with Gasteiger partial charge in [-0.2, -0.15) is 0 Å². The van der Waals surface area contributed by atoms with Crippen LogP contribution in [0.4, 0.5) is 4.39 Å². The number of rotatable bonds is 4. The van der Waals surface area contributed by atoms with Crippen molar-refractivity contribution in [3.05, 3.63) is 65.5 Å². The molecule has 2 aromatic carbocycles. The maximum atomic E-state index is 12.9. The van der Waals surface area contributed by atoms with Crippen LogP contribution in [0.25, 0.3) is 0 Å². The lowest BCUT2D eigenvalue weighted by atomic mass is 10.1. The van der Waals surface area contributed by atoms with Crippen molar-refractivity contribution in [1.29, 1.82) is 0 Å². The van der Waals surface area contributed by atoms with Crippen LogP contribution >= 0.6 is 0 Å². The molecule has 0 aliphatic heterocycles. The van der Waals surface area contributed by atoms with E-state index in [1.54, 1.807) is 12.1 Å². The summed E-state index contributed by atoms with van der Waals surface area (Å²) in [7, 11) is -3.64. The Kier molecular flexibility index (Phi) is 4.20. The minimum Gasteiger partial charge on any atom is -0.329 e. The van der Waals surface area contributed by atoms with Crippen LogP contribution in [0.5, 0.6) is 0 Å². The third kappa shape index (κ3) is 2.73. The highest BCUT2D eigenvalue weighted by molar-refractivity contribution is 7.91. The van der Waals surface area contributed by atoms with Crippen LogP contribution < -0.4 is 5.73 Å². The van der Waals surface area contributed by atoms with Gasteiger partial charge in [0.2, 0.25) is 0 Å². The Morgan fingerprint density at radius 1 is 1.10 bits per heavy atom. The van der Waals surface area contributed by atoms with Crippen LogP contribution in [-0.2, 0) is 9.84 Å². The molecule has 0 bridgehead atoms. The molecule has 106 valence electrons. The fourth-order valence-electron chi connectivity index (χ4n) is 2.16. The molecule has 0 aliphatic carbocycles. The molecule has 2 N–H and O–H groups in total. The Hall–Kier alpha value is -1.72. The fraction of sp³-hybridized carbons (Fsp3) is 0.200. The Balaban J connectivity index is 2.51. The normalized spacial score (nSPS) is 13.2. The van der Waals surface area contributed by atoms with Crippen LogP contribution in [0.15, 0.2) is 53.4 Å². The van der Waals surface area contributed by atoms with E-state index in [-0.39, 0.29) is 11.4 Å². The van der Waals surface area contributed by atoms with Crippen molar-refractivity contribution in [3.63, 3.8) is 0 Å². The number of sulfone groups is 1. The van der Waals surface area contributed by atoms with Crippen molar-refractivity contribution >= 4 is 9.84 Å². The molecule has 1 atom stereocenters. The summed E-state index contributed by atoms with van der Waals surface area (Å²) in [5.74, 6) is -0.468. The second kappa shape index (κ2) is 5.73. The van der Waals surface area contributed by atoms with Crippen molar-refractivity contribution in [2.24, 2.45) is 5.73 Å². The smallest absolute Gasteiger partial charge is 0.186 e. The van der Waals surface area contributed by atoms with E-state index < -0.39 is 20.9 Å². The summed E-state index contributed by atoms with van der Waals surface area (Å²) >= 11 is 0. The average molecular weight is 293 g/mol. The lowest BCUT2D eigenvalue weighted by molar-refractivity contribution is 0.581. The van der Waals surface area contributed by atoms with E-state index in [1.165, 1.54) is 12.1 Å². The van der Waals surface area contributed by atoms with Crippen molar-refractivity contribution in [3.8, 4) is 0 Å². The van der Waals surface area contributed by atoms with Gasteiger partial charge in [0.25, 0.3) is 0 Å². The van der Waals surface area contributed by atoms with Gasteiger partial charge >= 0.3 is 0 Å². The molecule has 2 aromatic rings. The Labute approximate surface area is 118 Å². The predicted octanol–water partition coefficient (Wildman–Crippen LogP) is 2.61. The van der Waals surface area contributed by atoms with Crippen molar-refractivity contribution < 1.29 is 12.8 Å². The first-order chi connectivity index (χ1) is 9.46. The maximum absolute atomic E-state index is 12.9.